The molecule has 1 N–H and O–H groups in total. The molecule has 80 valence electrons. The van der Waals surface area contributed by atoms with Gasteiger partial charge < -0.3 is 10.2 Å². The van der Waals surface area contributed by atoms with E-state index >= 15 is 0 Å². The van der Waals surface area contributed by atoms with Gasteiger partial charge in [-0.05, 0) is 31.0 Å². The molecule has 0 unspecified atom stereocenters. The Bertz CT molecular complexity index is 387. The van der Waals surface area contributed by atoms with Crippen LogP contribution in [0, 0.1) is 0 Å². The molecule has 15 heavy (non-hydrogen) atoms. The number of hydrogen-bond donors (Lipinski definition) is 1. The Morgan fingerprint density at radius 2 is 2.20 bits per heavy atom. The van der Waals surface area contributed by atoms with Gasteiger partial charge in [-0.25, -0.2) is 0 Å². The van der Waals surface area contributed by atoms with E-state index in [4.69, 9.17) is 0 Å². The fourth-order valence-corrected chi connectivity index (χ4v) is 2.17. The minimum Gasteiger partial charge on any atom is -0.388 e. The second-order valence-electron chi connectivity index (χ2n) is 3.69. The van der Waals surface area contributed by atoms with E-state index in [-0.39, 0.29) is 5.91 Å². The van der Waals surface area contributed by atoms with Crippen LogP contribution in [0.2, 0.25) is 0 Å². The average Bonchev–Trinajstić information content (AvgIpc) is 2.28. The van der Waals surface area contributed by atoms with Gasteiger partial charge in [0.05, 0.1) is 0 Å². The Morgan fingerprint density at radius 1 is 1.40 bits per heavy atom. The summed E-state index contributed by atoms with van der Waals surface area (Å²) in [5.41, 5.74) is 3.47. The van der Waals surface area contributed by atoms with Crippen LogP contribution in [0.5, 0.6) is 0 Å². The highest BCUT2D eigenvalue weighted by Gasteiger charge is 2.23. The van der Waals surface area contributed by atoms with Crippen molar-refractivity contribution in [2.45, 2.75) is 19.8 Å². The van der Waals surface area contributed by atoms with Crippen LogP contribution < -0.4 is 10.2 Å². The zero-order valence-corrected chi connectivity index (χ0v) is 9.21. The largest absolute Gasteiger partial charge is 0.388 e. The third-order valence-electron chi connectivity index (χ3n) is 2.92. The zero-order valence-electron chi connectivity index (χ0n) is 9.21. The number of anilines is 2. The molecule has 3 nitrogen and oxygen atoms in total. The normalized spacial score (nSPS) is 15.1. The summed E-state index contributed by atoms with van der Waals surface area (Å²) in [7, 11) is 1.92. The molecule has 2 rings (SSSR count). The first-order chi connectivity index (χ1) is 7.27. The molecule has 0 saturated heterocycles. The first-order valence-corrected chi connectivity index (χ1v) is 5.38. The molecule has 0 spiro atoms. The van der Waals surface area contributed by atoms with Crippen molar-refractivity contribution < 1.29 is 4.79 Å². The van der Waals surface area contributed by atoms with E-state index in [2.05, 4.69) is 11.4 Å². The number of nitrogens with zero attached hydrogens (tertiary/aromatic N) is 1. The third-order valence-corrected chi connectivity index (χ3v) is 2.92. The summed E-state index contributed by atoms with van der Waals surface area (Å²) in [5.74, 6) is 0.234. The lowest BCUT2D eigenvalue weighted by Gasteiger charge is -2.29. The highest BCUT2D eigenvalue weighted by molar-refractivity contribution is 5.97. The van der Waals surface area contributed by atoms with E-state index in [1.807, 2.05) is 31.0 Å². The van der Waals surface area contributed by atoms with Crippen molar-refractivity contribution in [3.8, 4) is 0 Å². The molecule has 0 atom stereocenters. The van der Waals surface area contributed by atoms with Gasteiger partial charge in [0.1, 0.15) is 0 Å². The van der Waals surface area contributed by atoms with Crippen molar-refractivity contribution >= 4 is 17.3 Å². The maximum atomic E-state index is 11.7. The lowest BCUT2D eigenvalue weighted by molar-refractivity contribution is -0.118. The van der Waals surface area contributed by atoms with Gasteiger partial charge in [0.25, 0.3) is 0 Å². The standard InChI is InChI=1S/C12H16N2O/c1-3-14-11-6-4-5-10(13-2)9(11)7-8-12(14)15/h4-6,13H,3,7-8H2,1-2H3. The fourth-order valence-electron chi connectivity index (χ4n) is 2.17. The molecule has 0 aromatic heterocycles. The number of benzene rings is 1. The maximum Gasteiger partial charge on any atom is 0.227 e. The molecule has 1 aromatic rings. The van der Waals surface area contributed by atoms with Crippen LogP contribution in [0.1, 0.15) is 18.9 Å². The van der Waals surface area contributed by atoms with Crippen LogP contribution in [-0.4, -0.2) is 19.5 Å². The van der Waals surface area contributed by atoms with E-state index in [1.165, 1.54) is 5.56 Å². The smallest absolute Gasteiger partial charge is 0.227 e. The summed E-state index contributed by atoms with van der Waals surface area (Å²) in [4.78, 5) is 13.6. The van der Waals surface area contributed by atoms with Crippen LogP contribution in [0.4, 0.5) is 11.4 Å². The Morgan fingerprint density at radius 3 is 2.87 bits per heavy atom. The SMILES string of the molecule is CCN1C(=O)CCc2c(NC)cccc21. The van der Waals surface area contributed by atoms with Gasteiger partial charge in [0.15, 0.2) is 0 Å². The van der Waals surface area contributed by atoms with Gasteiger partial charge in [0.2, 0.25) is 5.91 Å². The van der Waals surface area contributed by atoms with Gasteiger partial charge in [-0.15, -0.1) is 0 Å². The highest BCUT2D eigenvalue weighted by atomic mass is 16.2. The molecule has 0 fully saturated rings. The molecular weight excluding hydrogens is 188 g/mol. The molecule has 1 amide bonds. The van der Waals surface area contributed by atoms with Crippen molar-refractivity contribution in [2.75, 3.05) is 23.8 Å². The van der Waals surface area contributed by atoms with Crippen LogP contribution >= 0.6 is 0 Å². The summed E-state index contributed by atoms with van der Waals surface area (Å²) >= 11 is 0. The van der Waals surface area contributed by atoms with Gasteiger partial charge in [-0.2, -0.15) is 0 Å². The van der Waals surface area contributed by atoms with Crippen molar-refractivity contribution in [1.29, 1.82) is 0 Å². The van der Waals surface area contributed by atoms with Crippen molar-refractivity contribution in [2.24, 2.45) is 0 Å². The Labute approximate surface area is 90.1 Å². The first-order valence-electron chi connectivity index (χ1n) is 5.38. The molecular formula is C12H16N2O. The minimum absolute atomic E-state index is 0.234. The van der Waals surface area contributed by atoms with E-state index in [0.29, 0.717) is 6.42 Å². The molecule has 3 heteroatoms. The second-order valence-corrected chi connectivity index (χ2v) is 3.69. The summed E-state index contributed by atoms with van der Waals surface area (Å²) < 4.78 is 0. The van der Waals surface area contributed by atoms with Gasteiger partial charge >= 0.3 is 0 Å². The van der Waals surface area contributed by atoms with Crippen LogP contribution in [0.3, 0.4) is 0 Å². The molecule has 0 aliphatic carbocycles. The molecule has 0 radical (unpaired) electrons. The second kappa shape index (κ2) is 3.93. The van der Waals surface area contributed by atoms with Gasteiger partial charge in [-0.1, -0.05) is 6.07 Å². The monoisotopic (exact) mass is 204 g/mol. The minimum atomic E-state index is 0.234. The maximum absolute atomic E-state index is 11.7. The van der Waals surface area contributed by atoms with Crippen molar-refractivity contribution in [3.63, 3.8) is 0 Å². The molecule has 1 aromatic carbocycles. The van der Waals surface area contributed by atoms with Crippen LogP contribution in [0.25, 0.3) is 0 Å². The van der Waals surface area contributed by atoms with Crippen LogP contribution in [-0.2, 0) is 11.2 Å². The lowest BCUT2D eigenvalue weighted by atomic mass is 9.99. The molecule has 1 aliphatic rings. The molecule has 1 heterocycles. The van der Waals surface area contributed by atoms with Crippen LogP contribution in [0.15, 0.2) is 18.2 Å². The molecule has 1 aliphatic heterocycles. The number of hydrogen-bond acceptors (Lipinski definition) is 2. The lowest BCUT2D eigenvalue weighted by Crippen LogP contribution is -2.35. The number of nitrogens with one attached hydrogen (secondary N) is 1. The Balaban J connectivity index is 2.50. The van der Waals surface area contributed by atoms with Crippen molar-refractivity contribution in [3.05, 3.63) is 23.8 Å². The van der Waals surface area contributed by atoms with E-state index in [1.54, 1.807) is 0 Å². The predicted octanol–water partition coefficient (Wildman–Crippen LogP) is 2.03. The quantitative estimate of drug-likeness (QED) is 0.799. The molecule has 0 bridgehead atoms. The summed E-state index contributed by atoms with van der Waals surface area (Å²) in [6, 6.07) is 6.07. The van der Waals surface area contributed by atoms with E-state index in [9.17, 15) is 4.79 Å². The molecule has 0 saturated carbocycles. The Kier molecular flexibility index (Phi) is 2.62. The van der Waals surface area contributed by atoms with Gasteiger partial charge in [0, 0.05) is 31.4 Å². The number of carbonyl (C=O) groups is 1. The highest BCUT2D eigenvalue weighted by Crippen LogP contribution is 2.32. The number of rotatable bonds is 2. The topological polar surface area (TPSA) is 32.3 Å². The Hall–Kier alpha value is -1.51. The van der Waals surface area contributed by atoms with Gasteiger partial charge in [-0.3, -0.25) is 4.79 Å². The zero-order chi connectivity index (χ0) is 10.8. The van der Waals surface area contributed by atoms with E-state index < -0.39 is 0 Å². The first kappa shape index (κ1) is 10.0. The van der Waals surface area contributed by atoms with E-state index in [0.717, 1.165) is 24.3 Å². The summed E-state index contributed by atoms with van der Waals surface area (Å²) in [6.07, 6.45) is 1.47. The van der Waals surface area contributed by atoms with Crippen molar-refractivity contribution in [1.82, 2.24) is 0 Å². The average molecular weight is 204 g/mol. The fraction of sp³-hybridized carbons (Fsp3) is 0.417. The number of amides is 1. The third kappa shape index (κ3) is 1.58. The summed E-state index contributed by atoms with van der Waals surface area (Å²) in [6.45, 7) is 2.76. The number of carbonyl (C=O) groups excluding carboxylic acids is 1. The summed E-state index contributed by atoms with van der Waals surface area (Å²) in [5, 5.41) is 3.18. The predicted molar refractivity (Wildman–Crippen MR) is 62.3 cm³/mol. The number of fused-ring (bicyclic) bond motifs is 1.